The van der Waals surface area contributed by atoms with Gasteiger partial charge in [-0.2, -0.15) is 0 Å². The smallest absolute Gasteiger partial charge is 0.0418 e. The fourth-order valence-electron chi connectivity index (χ4n) is 1.55. The lowest BCUT2D eigenvalue weighted by Gasteiger charge is -2.06. The van der Waals surface area contributed by atoms with E-state index in [4.69, 9.17) is 5.73 Å². The summed E-state index contributed by atoms with van der Waals surface area (Å²) in [5.74, 6) is 0. The van der Waals surface area contributed by atoms with Crippen molar-refractivity contribution < 1.29 is 0 Å². The van der Waals surface area contributed by atoms with Crippen LogP contribution in [0.5, 0.6) is 0 Å². The summed E-state index contributed by atoms with van der Waals surface area (Å²) < 4.78 is 0. The molecule has 0 atom stereocenters. The fraction of sp³-hybridized carbons (Fsp3) is 0.0909. The Hall–Kier alpha value is -1.70. The van der Waals surface area contributed by atoms with Crippen molar-refractivity contribution in [1.29, 1.82) is 0 Å². The number of hydrogen-bond acceptors (Lipinski definition) is 2. The molecule has 0 saturated heterocycles. The Bertz CT molecular complexity index is 435. The maximum Gasteiger partial charge on any atom is 0.0418 e. The molecule has 0 heterocycles. The Morgan fingerprint density at radius 2 is 1.69 bits per heavy atom. The van der Waals surface area contributed by atoms with Gasteiger partial charge in [-0.15, -0.1) is 0 Å². The van der Waals surface area contributed by atoms with Gasteiger partial charge < -0.3 is 11.1 Å². The predicted molar refractivity (Wildman–Crippen MR) is 57.9 cm³/mol. The van der Waals surface area contributed by atoms with Crippen LogP contribution in [0.3, 0.4) is 0 Å². The lowest BCUT2D eigenvalue weighted by molar-refractivity contribution is 1.55. The quantitative estimate of drug-likeness (QED) is 0.648. The van der Waals surface area contributed by atoms with Crippen LogP contribution < -0.4 is 11.1 Å². The number of nitrogen functional groups attached to an aromatic ring is 1. The van der Waals surface area contributed by atoms with Gasteiger partial charge in [-0.3, -0.25) is 0 Å². The zero-order valence-electron chi connectivity index (χ0n) is 7.54. The maximum atomic E-state index is 5.85. The molecule has 13 heavy (non-hydrogen) atoms. The summed E-state index contributed by atoms with van der Waals surface area (Å²) in [6.07, 6.45) is 0. The van der Waals surface area contributed by atoms with Gasteiger partial charge in [0.15, 0.2) is 0 Å². The summed E-state index contributed by atoms with van der Waals surface area (Å²) in [5.41, 5.74) is 7.80. The van der Waals surface area contributed by atoms with Crippen LogP contribution in [-0.4, -0.2) is 7.05 Å². The first kappa shape index (κ1) is 7.92. The molecule has 2 aromatic rings. The van der Waals surface area contributed by atoms with Crippen molar-refractivity contribution in [2.75, 3.05) is 18.1 Å². The zero-order chi connectivity index (χ0) is 9.26. The van der Waals surface area contributed by atoms with E-state index in [0.717, 1.165) is 16.8 Å². The van der Waals surface area contributed by atoms with Gasteiger partial charge >= 0.3 is 0 Å². The van der Waals surface area contributed by atoms with Crippen LogP contribution in [0, 0.1) is 0 Å². The van der Waals surface area contributed by atoms with Crippen molar-refractivity contribution in [3.63, 3.8) is 0 Å². The van der Waals surface area contributed by atoms with Crippen molar-refractivity contribution in [1.82, 2.24) is 0 Å². The Balaban J connectivity index is 2.84. The third-order valence-corrected chi connectivity index (χ3v) is 2.23. The number of benzene rings is 2. The van der Waals surface area contributed by atoms with E-state index < -0.39 is 0 Å². The van der Waals surface area contributed by atoms with E-state index in [9.17, 15) is 0 Å². The van der Waals surface area contributed by atoms with Gasteiger partial charge in [-0.05, 0) is 12.1 Å². The maximum absolute atomic E-state index is 5.85. The number of rotatable bonds is 1. The zero-order valence-corrected chi connectivity index (χ0v) is 7.54. The lowest BCUT2D eigenvalue weighted by atomic mass is 10.1. The molecule has 66 valence electrons. The van der Waals surface area contributed by atoms with Gasteiger partial charge in [0.05, 0.1) is 0 Å². The summed E-state index contributed by atoms with van der Waals surface area (Å²) in [5, 5.41) is 5.42. The van der Waals surface area contributed by atoms with Gasteiger partial charge in [0.1, 0.15) is 0 Å². The highest BCUT2D eigenvalue weighted by Gasteiger charge is 1.99. The lowest BCUT2D eigenvalue weighted by Crippen LogP contribution is -1.91. The molecule has 3 N–H and O–H groups in total. The highest BCUT2D eigenvalue weighted by molar-refractivity contribution is 6.00. The molecule has 2 heteroatoms. The molecule has 0 aliphatic heterocycles. The monoisotopic (exact) mass is 172 g/mol. The van der Waals surface area contributed by atoms with Crippen molar-refractivity contribution in [2.24, 2.45) is 0 Å². The summed E-state index contributed by atoms with van der Waals surface area (Å²) >= 11 is 0. The van der Waals surface area contributed by atoms with E-state index in [0.29, 0.717) is 0 Å². The molecule has 0 bridgehead atoms. The topological polar surface area (TPSA) is 38.0 Å². The first-order valence-corrected chi connectivity index (χ1v) is 4.28. The fourth-order valence-corrected chi connectivity index (χ4v) is 1.55. The molecule has 0 fully saturated rings. The van der Waals surface area contributed by atoms with Crippen LogP contribution in [0.4, 0.5) is 11.4 Å². The van der Waals surface area contributed by atoms with E-state index in [2.05, 4.69) is 11.4 Å². The van der Waals surface area contributed by atoms with Crippen molar-refractivity contribution in [3.05, 3.63) is 36.4 Å². The van der Waals surface area contributed by atoms with E-state index in [-0.39, 0.29) is 0 Å². The summed E-state index contributed by atoms with van der Waals surface area (Å²) in [6.45, 7) is 0. The molecule has 0 spiro atoms. The molecule has 0 radical (unpaired) electrons. The number of hydrogen-bond donors (Lipinski definition) is 2. The standard InChI is InChI=1S/C11H12N2/c1-13-11-7-3-4-8-9(11)5-2-6-10(8)12/h2-7,13H,12H2,1H3. The van der Waals surface area contributed by atoms with Crippen LogP contribution in [-0.2, 0) is 0 Å². The van der Waals surface area contributed by atoms with Crippen LogP contribution in [0.2, 0.25) is 0 Å². The molecule has 0 aliphatic carbocycles. The SMILES string of the molecule is CNc1cccc2c(N)cccc12. The number of fused-ring (bicyclic) bond motifs is 1. The normalized spacial score (nSPS) is 10.2. The second-order valence-corrected chi connectivity index (χ2v) is 3.00. The number of nitrogens with two attached hydrogens (primary N) is 1. The van der Waals surface area contributed by atoms with Gasteiger partial charge in [0.25, 0.3) is 0 Å². The van der Waals surface area contributed by atoms with Crippen molar-refractivity contribution in [2.45, 2.75) is 0 Å². The number of nitrogens with one attached hydrogen (secondary N) is 1. The predicted octanol–water partition coefficient (Wildman–Crippen LogP) is 2.46. The summed E-state index contributed by atoms with van der Waals surface area (Å²) in [6, 6.07) is 12.0. The minimum absolute atomic E-state index is 0.828. The molecular weight excluding hydrogens is 160 g/mol. The average molecular weight is 172 g/mol. The summed E-state index contributed by atoms with van der Waals surface area (Å²) in [7, 11) is 1.91. The first-order valence-electron chi connectivity index (χ1n) is 4.28. The van der Waals surface area contributed by atoms with Gasteiger partial charge in [-0.1, -0.05) is 24.3 Å². The number of anilines is 2. The highest BCUT2D eigenvalue weighted by Crippen LogP contribution is 2.26. The second kappa shape index (κ2) is 2.98. The van der Waals surface area contributed by atoms with Crippen LogP contribution >= 0.6 is 0 Å². The Morgan fingerprint density at radius 1 is 1.00 bits per heavy atom. The van der Waals surface area contributed by atoms with E-state index in [1.54, 1.807) is 0 Å². The Labute approximate surface area is 77.4 Å². The van der Waals surface area contributed by atoms with E-state index in [1.807, 2.05) is 37.4 Å². The molecule has 2 aromatic carbocycles. The van der Waals surface area contributed by atoms with Crippen LogP contribution in [0.1, 0.15) is 0 Å². The second-order valence-electron chi connectivity index (χ2n) is 3.00. The van der Waals surface area contributed by atoms with E-state index >= 15 is 0 Å². The molecule has 0 saturated carbocycles. The third-order valence-electron chi connectivity index (χ3n) is 2.23. The van der Waals surface area contributed by atoms with Gasteiger partial charge in [-0.25, -0.2) is 0 Å². The minimum atomic E-state index is 0.828. The van der Waals surface area contributed by atoms with Crippen LogP contribution in [0.15, 0.2) is 36.4 Å². The summed E-state index contributed by atoms with van der Waals surface area (Å²) in [4.78, 5) is 0. The first-order chi connectivity index (χ1) is 6.33. The molecule has 0 unspecified atom stereocenters. The molecule has 0 aliphatic rings. The van der Waals surface area contributed by atoms with Crippen molar-refractivity contribution >= 4 is 22.1 Å². The van der Waals surface area contributed by atoms with Crippen molar-refractivity contribution in [3.8, 4) is 0 Å². The van der Waals surface area contributed by atoms with Gasteiger partial charge in [0, 0.05) is 29.2 Å². The highest BCUT2D eigenvalue weighted by atomic mass is 14.8. The third kappa shape index (κ3) is 1.20. The van der Waals surface area contributed by atoms with E-state index in [1.165, 1.54) is 5.39 Å². The van der Waals surface area contributed by atoms with Gasteiger partial charge in [0.2, 0.25) is 0 Å². The Morgan fingerprint density at radius 3 is 2.46 bits per heavy atom. The molecule has 2 nitrogen and oxygen atoms in total. The average Bonchev–Trinajstić information content (AvgIpc) is 2.18. The molecule has 0 amide bonds. The van der Waals surface area contributed by atoms with Crippen LogP contribution in [0.25, 0.3) is 10.8 Å². The minimum Gasteiger partial charge on any atom is -0.398 e. The molecule has 0 aromatic heterocycles. The molecular formula is C11H12N2. The largest absolute Gasteiger partial charge is 0.398 e. The Kier molecular flexibility index (Phi) is 1.81. The molecule has 2 rings (SSSR count).